The van der Waals surface area contributed by atoms with Gasteiger partial charge in [-0.2, -0.15) is 0 Å². The second-order valence-electron chi connectivity index (χ2n) is 3.17. The molecule has 0 aliphatic rings. The molecule has 0 fully saturated rings. The number of hydrogen-bond acceptors (Lipinski definition) is 4. The van der Waals surface area contributed by atoms with Crippen molar-refractivity contribution in [3.63, 3.8) is 0 Å². The maximum absolute atomic E-state index is 8.51. The van der Waals surface area contributed by atoms with Crippen molar-refractivity contribution in [1.82, 2.24) is 0 Å². The first-order chi connectivity index (χ1) is 6.76. The van der Waals surface area contributed by atoms with Gasteiger partial charge in [-0.25, -0.2) is 0 Å². The predicted octanol–water partition coefficient (Wildman–Crippen LogP) is 0.138. The summed E-state index contributed by atoms with van der Waals surface area (Å²) < 4.78 is 0. The van der Waals surface area contributed by atoms with Gasteiger partial charge in [0.1, 0.15) is 0 Å². The maximum Gasteiger partial charge on any atom is 0.0481 e. The molecule has 4 N–H and O–H groups in total. The standard InChI is InChI=1S/C6H14O3.C4H10O/c7-3-1-2-6(4-8)5-9;1-2-3-4-5/h6-9H,1-5H2;5H,2-4H2,1H3. The highest BCUT2D eigenvalue weighted by Gasteiger charge is 2.03. The Kier molecular flexibility index (Phi) is 17.8. The van der Waals surface area contributed by atoms with E-state index < -0.39 is 0 Å². The van der Waals surface area contributed by atoms with E-state index in [9.17, 15) is 0 Å². The molecule has 0 unspecified atom stereocenters. The Morgan fingerprint density at radius 2 is 1.36 bits per heavy atom. The van der Waals surface area contributed by atoms with Gasteiger partial charge in [-0.3, -0.25) is 0 Å². The molecule has 4 nitrogen and oxygen atoms in total. The quantitative estimate of drug-likeness (QED) is 0.480. The van der Waals surface area contributed by atoms with E-state index in [1.54, 1.807) is 0 Å². The molecule has 0 atom stereocenters. The fraction of sp³-hybridized carbons (Fsp3) is 1.00. The van der Waals surface area contributed by atoms with Crippen LogP contribution in [0.15, 0.2) is 0 Å². The molecule has 0 aliphatic carbocycles. The zero-order valence-corrected chi connectivity index (χ0v) is 9.02. The molecule has 0 amide bonds. The van der Waals surface area contributed by atoms with Crippen LogP contribution in [-0.4, -0.2) is 46.9 Å². The lowest BCUT2D eigenvalue weighted by Gasteiger charge is -2.07. The summed E-state index contributed by atoms with van der Waals surface area (Å²) in [6.45, 7) is 2.55. The van der Waals surface area contributed by atoms with E-state index in [0.29, 0.717) is 19.4 Å². The lowest BCUT2D eigenvalue weighted by Crippen LogP contribution is -2.11. The molecule has 0 aromatic carbocycles. The lowest BCUT2D eigenvalue weighted by atomic mass is 10.1. The van der Waals surface area contributed by atoms with Crippen LogP contribution >= 0.6 is 0 Å². The molecule has 0 saturated heterocycles. The summed E-state index contributed by atoms with van der Waals surface area (Å²) >= 11 is 0. The van der Waals surface area contributed by atoms with E-state index in [2.05, 4.69) is 6.92 Å². The number of aliphatic hydroxyl groups is 4. The van der Waals surface area contributed by atoms with Gasteiger partial charge in [0.2, 0.25) is 0 Å². The first-order valence-electron chi connectivity index (χ1n) is 5.20. The van der Waals surface area contributed by atoms with Gasteiger partial charge >= 0.3 is 0 Å². The third kappa shape index (κ3) is 14.4. The summed E-state index contributed by atoms with van der Waals surface area (Å²) in [6, 6.07) is 0. The van der Waals surface area contributed by atoms with Crippen molar-refractivity contribution in [2.45, 2.75) is 32.6 Å². The molecule has 0 radical (unpaired) electrons. The smallest absolute Gasteiger partial charge is 0.0481 e. The minimum atomic E-state index is -0.0443. The monoisotopic (exact) mass is 208 g/mol. The van der Waals surface area contributed by atoms with Crippen LogP contribution < -0.4 is 0 Å². The molecule has 0 rings (SSSR count). The Balaban J connectivity index is 0. The molecule has 0 aromatic rings. The van der Waals surface area contributed by atoms with Crippen LogP contribution in [-0.2, 0) is 0 Å². The SMILES string of the molecule is CCCCO.OCCCC(CO)CO. The van der Waals surface area contributed by atoms with Gasteiger partial charge < -0.3 is 20.4 Å². The van der Waals surface area contributed by atoms with E-state index in [4.69, 9.17) is 20.4 Å². The Bertz CT molecular complexity index is 82.2. The van der Waals surface area contributed by atoms with Crippen LogP contribution in [0.25, 0.3) is 0 Å². The molecular weight excluding hydrogens is 184 g/mol. The first kappa shape index (κ1) is 16.3. The van der Waals surface area contributed by atoms with E-state index in [1.807, 2.05) is 0 Å². The molecule has 0 aliphatic heterocycles. The minimum absolute atomic E-state index is 0.0104. The highest BCUT2D eigenvalue weighted by molar-refractivity contribution is 4.53. The molecule has 88 valence electrons. The van der Waals surface area contributed by atoms with Crippen LogP contribution in [0.1, 0.15) is 32.6 Å². The molecule has 4 heteroatoms. The molecule has 0 bridgehead atoms. The number of rotatable bonds is 7. The predicted molar refractivity (Wildman–Crippen MR) is 56.0 cm³/mol. The van der Waals surface area contributed by atoms with E-state index >= 15 is 0 Å². The second-order valence-corrected chi connectivity index (χ2v) is 3.17. The van der Waals surface area contributed by atoms with Crippen molar-refractivity contribution >= 4 is 0 Å². The van der Waals surface area contributed by atoms with Crippen molar-refractivity contribution in [1.29, 1.82) is 0 Å². The zero-order valence-electron chi connectivity index (χ0n) is 9.02. The maximum atomic E-state index is 8.51. The van der Waals surface area contributed by atoms with Gasteiger partial charge in [0.05, 0.1) is 0 Å². The molecule has 0 heterocycles. The summed E-state index contributed by atoms with van der Waals surface area (Å²) in [5.41, 5.74) is 0. The molecule has 0 aromatic heterocycles. The number of aliphatic hydroxyl groups excluding tert-OH is 4. The van der Waals surface area contributed by atoms with Crippen molar-refractivity contribution in [3.8, 4) is 0 Å². The normalized spacial score (nSPS) is 9.86. The van der Waals surface area contributed by atoms with E-state index in [1.165, 1.54) is 0 Å². The van der Waals surface area contributed by atoms with Crippen molar-refractivity contribution in [2.24, 2.45) is 5.92 Å². The van der Waals surface area contributed by atoms with E-state index in [-0.39, 0.29) is 25.7 Å². The van der Waals surface area contributed by atoms with Gasteiger partial charge in [0.25, 0.3) is 0 Å². The lowest BCUT2D eigenvalue weighted by molar-refractivity contribution is 0.136. The number of hydrogen-bond donors (Lipinski definition) is 4. The Morgan fingerprint density at radius 1 is 0.857 bits per heavy atom. The zero-order chi connectivity index (χ0) is 11.2. The minimum Gasteiger partial charge on any atom is -0.396 e. The molecule has 0 saturated carbocycles. The highest BCUT2D eigenvalue weighted by Crippen LogP contribution is 2.02. The third-order valence-corrected chi connectivity index (χ3v) is 1.80. The van der Waals surface area contributed by atoms with Crippen LogP contribution in [0.5, 0.6) is 0 Å². The van der Waals surface area contributed by atoms with Gasteiger partial charge in [-0.1, -0.05) is 13.3 Å². The second kappa shape index (κ2) is 15.3. The van der Waals surface area contributed by atoms with Crippen LogP contribution in [0, 0.1) is 5.92 Å². The molecular formula is C10H24O4. The van der Waals surface area contributed by atoms with Crippen molar-refractivity contribution < 1.29 is 20.4 Å². The summed E-state index contributed by atoms with van der Waals surface area (Å²) in [5, 5.41) is 33.4. The summed E-state index contributed by atoms with van der Waals surface area (Å²) in [5.74, 6) is -0.0443. The van der Waals surface area contributed by atoms with E-state index in [0.717, 1.165) is 12.8 Å². The Labute approximate surface area is 86.2 Å². The van der Waals surface area contributed by atoms with Gasteiger partial charge in [-0.05, 0) is 19.3 Å². The van der Waals surface area contributed by atoms with Gasteiger partial charge in [0, 0.05) is 32.3 Å². The average molecular weight is 208 g/mol. The highest BCUT2D eigenvalue weighted by atomic mass is 16.3. The van der Waals surface area contributed by atoms with Crippen LogP contribution in [0.4, 0.5) is 0 Å². The van der Waals surface area contributed by atoms with Crippen LogP contribution in [0.3, 0.4) is 0 Å². The largest absolute Gasteiger partial charge is 0.396 e. The molecule has 14 heavy (non-hydrogen) atoms. The third-order valence-electron chi connectivity index (χ3n) is 1.80. The van der Waals surface area contributed by atoms with Crippen molar-refractivity contribution in [2.75, 3.05) is 26.4 Å². The summed E-state index contributed by atoms with van der Waals surface area (Å²) in [4.78, 5) is 0. The fourth-order valence-corrected chi connectivity index (χ4v) is 0.778. The number of unbranched alkanes of at least 4 members (excludes halogenated alkanes) is 1. The van der Waals surface area contributed by atoms with Crippen LogP contribution in [0.2, 0.25) is 0 Å². The topological polar surface area (TPSA) is 80.9 Å². The van der Waals surface area contributed by atoms with Crippen molar-refractivity contribution in [3.05, 3.63) is 0 Å². The fourth-order valence-electron chi connectivity index (χ4n) is 0.778. The first-order valence-corrected chi connectivity index (χ1v) is 5.20. The average Bonchev–Trinajstić information content (AvgIpc) is 2.22. The Morgan fingerprint density at radius 3 is 1.57 bits per heavy atom. The molecule has 0 spiro atoms. The Hall–Kier alpha value is -0.160. The van der Waals surface area contributed by atoms with Gasteiger partial charge in [-0.15, -0.1) is 0 Å². The van der Waals surface area contributed by atoms with Gasteiger partial charge in [0.15, 0.2) is 0 Å². The summed E-state index contributed by atoms with van der Waals surface area (Å²) in [6.07, 6.45) is 3.39. The summed E-state index contributed by atoms with van der Waals surface area (Å²) in [7, 11) is 0.